The Hall–Kier alpha value is -2.08. The maximum absolute atomic E-state index is 12.2. The van der Waals surface area contributed by atoms with Gasteiger partial charge >= 0.3 is 0 Å². The molecule has 2 aromatic carbocycles. The minimum Gasteiger partial charge on any atom is -0.322 e. The van der Waals surface area contributed by atoms with Crippen molar-refractivity contribution in [1.29, 1.82) is 0 Å². The van der Waals surface area contributed by atoms with Crippen molar-refractivity contribution in [2.24, 2.45) is 0 Å². The lowest BCUT2D eigenvalue weighted by Gasteiger charge is -2.15. The Labute approximate surface area is 163 Å². The number of likely N-dealkylation sites (N-methyl/N-ethyl adjacent to an activating group) is 1. The van der Waals surface area contributed by atoms with E-state index in [1.165, 1.54) is 0 Å². The van der Waals surface area contributed by atoms with Crippen molar-refractivity contribution in [3.8, 4) is 0 Å². The van der Waals surface area contributed by atoms with Crippen LogP contribution in [0.25, 0.3) is 0 Å². The highest BCUT2D eigenvalue weighted by Crippen LogP contribution is 2.29. The molecular formula is C19H22Cl2N3O2+. The second-order valence-electron chi connectivity index (χ2n) is 6.06. The number of quaternary nitrogens is 1. The van der Waals surface area contributed by atoms with Crippen molar-refractivity contribution in [2.45, 2.75) is 13.3 Å². The highest BCUT2D eigenvalue weighted by atomic mass is 35.5. The molecule has 0 saturated carbocycles. The fraction of sp³-hybridized carbons (Fsp3) is 0.263. The Morgan fingerprint density at radius 2 is 1.54 bits per heavy atom. The molecule has 0 spiro atoms. The molecule has 0 aliphatic rings. The van der Waals surface area contributed by atoms with E-state index in [2.05, 4.69) is 17.6 Å². The lowest BCUT2D eigenvalue weighted by atomic mass is 10.1. The molecule has 2 rings (SSSR count). The largest absolute Gasteiger partial charge is 0.322 e. The zero-order valence-electron chi connectivity index (χ0n) is 14.7. The SMILES string of the molecule is CCc1cccc(NC(=O)C[NH+](C)CC(=O)Nc2c(Cl)cccc2Cl)c1. The number of halogens is 2. The third-order valence-electron chi connectivity index (χ3n) is 3.77. The van der Waals surface area contributed by atoms with E-state index in [-0.39, 0.29) is 24.9 Å². The fourth-order valence-corrected chi connectivity index (χ4v) is 2.98. The smallest absolute Gasteiger partial charge is 0.279 e. The van der Waals surface area contributed by atoms with E-state index in [4.69, 9.17) is 23.2 Å². The summed E-state index contributed by atoms with van der Waals surface area (Å²) < 4.78 is 0. The van der Waals surface area contributed by atoms with Gasteiger partial charge in [0, 0.05) is 5.69 Å². The fourth-order valence-electron chi connectivity index (χ4n) is 2.49. The summed E-state index contributed by atoms with van der Waals surface area (Å²) in [5, 5.41) is 6.29. The highest BCUT2D eigenvalue weighted by Gasteiger charge is 2.16. The van der Waals surface area contributed by atoms with Gasteiger partial charge < -0.3 is 15.5 Å². The summed E-state index contributed by atoms with van der Waals surface area (Å²) in [6, 6.07) is 12.7. The van der Waals surface area contributed by atoms with Crippen LogP contribution in [-0.2, 0) is 16.0 Å². The van der Waals surface area contributed by atoms with Crippen LogP contribution in [0.1, 0.15) is 12.5 Å². The van der Waals surface area contributed by atoms with E-state index >= 15 is 0 Å². The third kappa shape index (κ3) is 6.02. The van der Waals surface area contributed by atoms with E-state index < -0.39 is 0 Å². The number of carbonyl (C=O) groups excluding carboxylic acids is 2. The monoisotopic (exact) mass is 394 g/mol. The Bertz CT molecular complexity index is 776. The van der Waals surface area contributed by atoms with Gasteiger partial charge in [-0.2, -0.15) is 0 Å². The zero-order chi connectivity index (χ0) is 19.1. The second-order valence-corrected chi connectivity index (χ2v) is 6.87. The number of carbonyl (C=O) groups is 2. The number of para-hydroxylation sites is 1. The van der Waals surface area contributed by atoms with Crippen LogP contribution in [0.3, 0.4) is 0 Å². The van der Waals surface area contributed by atoms with Crippen molar-refractivity contribution in [3.63, 3.8) is 0 Å². The van der Waals surface area contributed by atoms with Crippen LogP contribution in [0.2, 0.25) is 10.0 Å². The molecule has 2 amide bonds. The first-order chi connectivity index (χ1) is 12.4. The average molecular weight is 395 g/mol. The lowest BCUT2D eigenvalue weighted by Crippen LogP contribution is -3.11. The van der Waals surface area contributed by atoms with Gasteiger partial charge in [-0.15, -0.1) is 0 Å². The molecule has 5 nitrogen and oxygen atoms in total. The molecular weight excluding hydrogens is 373 g/mol. The van der Waals surface area contributed by atoms with Gasteiger partial charge in [0.1, 0.15) is 0 Å². The number of amides is 2. The number of nitrogens with one attached hydrogen (secondary N) is 3. The average Bonchev–Trinajstić information content (AvgIpc) is 2.58. The number of aryl methyl sites for hydroxylation is 1. The van der Waals surface area contributed by atoms with Gasteiger partial charge in [0.25, 0.3) is 11.8 Å². The normalized spacial score (nSPS) is 11.7. The lowest BCUT2D eigenvalue weighted by molar-refractivity contribution is -0.862. The van der Waals surface area contributed by atoms with Crippen LogP contribution in [0.5, 0.6) is 0 Å². The molecule has 0 radical (unpaired) electrons. The second kappa shape index (κ2) is 9.57. The first-order valence-corrected chi connectivity index (χ1v) is 9.08. The zero-order valence-corrected chi connectivity index (χ0v) is 16.2. The maximum Gasteiger partial charge on any atom is 0.279 e. The third-order valence-corrected chi connectivity index (χ3v) is 4.40. The maximum atomic E-state index is 12.2. The topological polar surface area (TPSA) is 62.6 Å². The van der Waals surface area contributed by atoms with Gasteiger partial charge in [-0.05, 0) is 36.2 Å². The van der Waals surface area contributed by atoms with Gasteiger partial charge in [0.15, 0.2) is 13.1 Å². The van der Waals surface area contributed by atoms with Gasteiger partial charge in [-0.1, -0.05) is 48.3 Å². The summed E-state index contributed by atoms with van der Waals surface area (Å²) in [6.45, 7) is 2.34. The Balaban J connectivity index is 1.86. The van der Waals surface area contributed by atoms with Crippen LogP contribution >= 0.6 is 23.2 Å². The molecule has 26 heavy (non-hydrogen) atoms. The predicted octanol–water partition coefficient (Wildman–Crippen LogP) is 2.65. The minimum atomic E-state index is -0.265. The first-order valence-electron chi connectivity index (χ1n) is 8.33. The molecule has 0 aliphatic carbocycles. The number of anilines is 2. The number of benzene rings is 2. The molecule has 0 heterocycles. The number of hydrogen-bond acceptors (Lipinski definition) is 2. The highest BCUT2D eigenvalue weighted by molar-refractivity contribution is 6.39. The van der Waals surface area contributed by atoms with Crippen LogP contribution in [0.15, 0.2) is 42.5 Å². The molecule has 0 fully saturated rings. The quantitative estimate of drug-likeness (QED) is 0.675. The van der Waals surface area contributed by atoms with Crippen molar-refractivity contribution in [1.82, 2.24) is 0 Å². The molecule has 3 N–H and O–H groups in total. The Kier molecular flexibility index (Phi) is 7.45. The van der Waals surface area contributed by atoms with E-state index in [0.29, 0.717) is 15.7 Å². The number of hydrogen-bond donors (Lipinski definition) is 3. The van der Waals surface area contributed by atoms with Crippen molar-refractivity contribution >= 4 is 46.4 Å². The molecule has 1 atom stereocenters. The molecule has 1 unspecified atom stereocenters. The minimum absolute atomic E-state index is 0.115. The van der Waals surface area contributed by atoms with Gasteiger partial charge in [-0.3, -0.25) is 9.59 Å². The summed E-state index contributed by atoms with van der Waals surface area (Å²) in [4.78, 5) is 25.1. The molecule has 2 aromatic rings. The standard InChI is InChI=1S/C19H21Cl2N3O2/c1-3-13-6-4-7-14(10-13)22-17(25)11-24(2)12-18(26)23-19-15(20)8-5-9-16(19)21/h4-10H,3,11-12H2,1-2H3,(H,22,25)(H,23,26)/p+1. The molecule has 0 saturated heterocycles. The van der Waals surface area contributed by atoms with Crippen LogP contribution in [0.4, 0.5) is 11.4 Å². The van der Waals surface area contributed by atoms with Crippen molar-refractivity contribution in [2.75, 3.05) is 30.8 Å². The molecule has 0 aliphatic heterocycles. The Morgan fingerprint density at radius 3 is 2.15 bits per heavy atom. The van der Waals surface area contributed by atoms with Crippen LogP contribution < -0.4 is 15.5 Å². The summed E-state index contributed by atoms with van der Waals surface area (Å²) in [5.41, 5.74) is 2.29. The van der Waals surface area contributed by atoms with Crippen LogP contribution in [0, 0.1) is 0 Å². The molecule has 138 valence electrons. The molecule has 0 aromatic heterocycles. The summed E-state index contributed by atoms with van der Waals surface area (Å²) in [5.74, 6) is -0.419. The molecule has 7 heteroatoms. The van der Waals surface area contributed by atoms with E-state index in [0.717, 1.165) is 22.6 Å². The first kappa shape index (κ1) is 20.2. The van der Waals surface area contributed by atoms with E-state index in [9.17, 15) is 9.59 Å². The number of rotatable bonds is 7. The van der Waals surface area contributed by atoms with E-state index in [1.54, 1.807) is 25.2 Å². The van der Waals surface area contributed by atoms with Crippen molar-refractivity contribution in [3.05, 3.63) is 58.1 Å². The van der Waals surface area contributed by atoms with Crippen LogP contribution in [-0.4, -0.2) is 32.0 Å². The molecule has 0 bridgehead atoms. The van der Waals surface area contributed by atoms with E-state index in [1.807, 2.05) is 24.3 Å². The van der Waals surface area contributed by atoms with Crippen molar-refractivity contribution < 1.29 is 14.5 Å². The Morgan fingerprint density at radius 1 is 0.962 bits per heavy atom. The van der Waals surface area contributed by atoms with Gasteiger partial charge in [-0.25, -0.2) is 0 Å². The predicted molar refractivity (Wildman–Crippen MR) is 106 cm³/mol. The van der Waals surface area contributed by atoms with Gasteiger partial charge in [0.2, 0.25) is 0 Å². The van der Waals surface area contributed by atoms with Gasteiger partial charge in [0.05, 0.1) is 22.8 Å². The summed E-state index contributed by atoms with van der Waals surface area (Å²) in [7, 11) is 1.77. The summed E-state index contributed by atoms with van der Waals surface area (Å²) in [6.07, 6.45) is 0.902. The summed E-state index contributed by atoms with van der Waals surface area (Å²) >= 11 is 12.1.